The standard InChI is InChI=1S/C15H11ClO3/c16-8-5-6-12-10(7-8)14-13(15(17)19-12)9-3-1-2-4-11(9)18-14/h5-7H,1-4H2. The molecule has 1 aliphatic rings. The van der Waals surface area contributed by atoms with E-state index in [4.69, 9.17) is 20.4 Å². The second-order valence-corrected chi connectivity index (χ2v) is 5.38. The monoisotopic (exact) mass is 274 g/mol. The minimum Gasteiger partial charge on any atom is -0.460 e. The normalized spacial score (nSPS) is 15.0. The van der Waals surface area contributed by atoms with Gasteiger partial charge >= 0.3 is 5.63 Å². The Balaban J connectivity index is 2.23. The summed E-state index contributed by atoms with van der Waals surface area (Å²) in [6.07, 6.45) is 3.98. The fraction of sp³-hybridized carbons (Fsp3) is 0.267. The molecule has 0 spiro atoms. The SMILES string of the molecule is O=c1oc2ccc(Cl)cc2c2oc3c(c12)CCCC3. The molecule has 4 heteroatoms. The minimum absolute atomic E-state index is 0.309. The summed E-state index contributed by atoms with van der Waals surface area (Å²) in [5.41, 5.74) is 1.86. The predicted molar refractivity (Wildman–Crippen MR) is 73.9 cm³/mol. The molecule has 1 aliphatic carbocycles. The number of fused-ring (bicyclic) bond motifs is 5. The van der Waals surface area contributed by atoms with Crippen LogP contribution in [-0.4, -0.2) is 0 Å². The smallest absolute Gasteiger partial charge is 0.347 e. The van der Waals surface area contributed by atoms with Gasteiger partial charge in [0, 0.05) is 17.0 Å². The van der Waals surface area contributed by atoms with E-state index in [0.29, 0.717) is 21.6 Å². The summed E-state index contributed by atoms with van der Waals surface area (Å²) in [5, 5.41) is 1.98. The molecule has 2 heterocycles. The summed E-state index contributed by atoms with van der Waals surface area (Å²) in [7, 11) is 0. The van der Waals surface area contributed by atoms with Crippen molar-refractivity contribution in [3.05, 3.63) is 45.0 Å². The molecular weight excluding hydrogens is 264 g/mol. The predicted octanol–water partition coefficient (Wildman–Crippen LogP) is 4.07. The molecule has 0 atom stereocenters. The summed E-state index contributed by atoms with van der Waals surface area (Å²) in [6.45, 7) is 0. The van der Waals surface area contributed by atoms with E-state index < -0.39 is 0 Å². The van der Waals surface area contributed by atoms with Crippen molar-refractivity contribution in [1.82, 2.24) is 0 Å². The highest BCUT2D eigenvalue weighted by atomic mass is 35.5. The van der Waals surface area contributed by atoms with Gasteiger partial charge in [0.25, 0.3) is 0 Å². The molecular formula is C15H11ClO3. The van der Waals surface area contributed by atoms with Crippen LogP contribution in [0.25, 0.3) is 21.9 Å². The van der Waals surface area contributed by atoms with E-state index in [0.717, 1.165) is 42.4 Å². The van der Waals surface area contributed by atoms with Crippen LogP contribution in [0.15, 0.2) is 31.8 Å². The van der Waals surface area contributed by atoms with Crippen molar-refractivity contribution in [2.24, 2.45) is 0 Å². The van der Waals surface area contributed by atoms with E-state index in [-0.39, 0.29) is 5.63 Å². The summed E-state index contributed by atoms with van der Waals surface area (Å²) in [6, 6.07) is 5.21. The van der Waals surface area contributed by atoms with Crippen LogP contribution in [-0.2, 0) is 12.8 Å². The minimum atomic E-state index is -0.309. The number of furan rings is 1. The van der Waals surface area contributed by atoms with E-state index in [1.165, 1.54) is 0 Å². The number of hydrogen-bond acceptors (Lipinski definition) is 3. The second kappa shape index (κ2) is 3.87. The van der Waals surface area contributed by atoms with Gasteiger partial charge in [0.15, 0.2) is 5.58 Å². The maximum atomic E-state index is 12.2. The van der Waals surface area contributed by atoms with E-state index >= 15 is 0 Å². The lowest BCUT2D eigenvalue weighted by molar-refractivity contribution is 0.507. The van der Waals surface area contributed by atoms with Crippen molar-refractivity contribution in [3.63, 3.8) is 0 Å². The first-order chi connectivity index (χ1) is 9.24. The van der Waals surface area contributed by atoms with Crippen LogP contribution < -0.4 is 5.63 Å². The zero-order chi connectivity index (χ0) is 13.0. The highest BCUT2D eigenvalue weighted by Crippen LogP contribution is 2.34. The fourth-order valence-corrected chi connectivity index (χ4v) is 3.06. The Bertz CT molecular complexity index is 857. The van der Waals surface area contributed by atoms with Crippen molar-refractivity contribution >= 4 is 33.5 Å². The van der Waals surface area contributed by atoms with E-state index in [1.54, 1.807) is 18.2 Å². The maximum Gasteiger partial charge on any atom is 0.347 e. The van der Waals surface area contributed by atoms with Gasteiger partial charge in [-0.1, -0.05) is 11.6 Å². The third-order valence-corrected chi connectivity index (χ3v) is 4.00. The first-order valence-electron chi connectivity index (χ1n) is 6.40. The number of aryl methyl sites for hydroxylation is 2. The summed E-state index contributed by atoms with van der Waals surface area (Å²) in [4.78, 5) is 12.2. The van der Waals surface area contributed by atoms with Crippen LogP contribution in [0.3, 0.4) is 0 Å². The molecule has 4 rings (SSSR count). The van der Waals surface area contributed by atoms with Gasteiger partial charge in [0.1, 0.15) is 16.7 Å². The average Bonchev–Trinajstić information content (AvgIpc) is 2.80. The molecule has 0 unspecified atom stereocenters. The molecule has 3 nitrogen and oxygen atoms in total. The van der Waals surface area contributed by atoms with Crippen LogP contribution in [0.5, 0.6) is 0 Å². The molecule has 1 aromatic carbocycles. The van der Waals surface area contributed by atoms with Gasteiger partial charge in [0.2, 0.25) is 0 Å². The van der Waals surface area contributed by atoms with Gasteiger partial charge in [-0.2, -0.15) is 0 Å². The van der Waals surface area contributed by atoms with Crippen molar-refractivity contribution in [2.45, 2.75) is 25.7 Å². The van der Waals surface area contributed by atoms with Gasteiger partial charge in [-0.15, -0.1) is 0 Å². The van der Waals surface area contributed by atoms with Gasteiger partial charge < -0.3 is 8.83 Å². The Morgan fingerprint density at radius 3 is 2.84 bits per heavy atom. The largest absolute Gasteiger partial charge is 0.460 e. The van der Waals surface area contributed by atoms with Gasteiger partial charge in [-0.05, 0) is 37.5 Å². The van der Waals surface area contributed by atoms with E-state index in [2.05, 4.69) is 0 Å². The van der Waals surface area contributed by atoms with Crippen LogP contribution in [0.2, 0.25) is 5.02 Å². The first kappa shape index (κ1) is 11.1. The average molecular weight is 275 g/mol. The fourth-order valence-electron chi connectivity index (χ4n) is 2.89. The number of rotatable bonds is 0. The Labute approximate surface area is 113 Å². The maximum absolute atomic E-state index is 12.2. The van der Waals surface area contributed by atoms with Gasteiger partial charge in [-0.25, -0.2) is 4.79 Å². The third kappa shape index (κ3) is 1.55. The van der Waals surface area contributed by atoms with Gasteiger partial charge in [0.05, 0.1) is 5.39 Å². The number of halogens is 1. The molecule has 0 fully saturated rings. The molecule has 0 bridgehead atoms. The molecule has 3 aromatic rings. The Hall–Kier alpha value is -1.74. The molecule has 0 N–H and O–H groups in total. The quantitative estimate of drug-likeness (QED) is 0.580. The van der Waals surface area contributed by atoms with Crippen molar-refractivity contribution in [2.75, 3.05) is 0 Å². The summed E-state index contributed by atoms with van der Waals surface area (Å²) < 4.78 is 11.3. The van der Waals surface area contributed by atoms with Crippen molar-refractivity contribution < 1.29 is 8.83 Å². The van der Waals surface area contributed by atoms with Crippen LogP contribution in [0.4, 0.5) is 0 Å². The zero-order valence-corrected chi connectivity index (χ0v) is 10.9. The molecule has 2 aromatic heterocycles. The highest BCUT2D eigenvalue weighted by molar-refractivity contribution is 6.31. The van der Waals surface area contributed by atoms with Crippen LogP contribution >= 0.6 is 11.6 Å². The zero-order valence-electron chi connectivity index (χ0n) is 10.2. The first-order valence-corrected chi connectivity index (χ1v) is 6.78. The Kier molecular flexibility index (Phi) is 2.27. The lowest BCUT2D eigenvalue weighted by Crippen LogP contribution is -2.04. The van der Waals surface area contributed by atoms with E-state index in [9.17, 15) is 4.79 Å². The van der Waals surface area contributed by atoms with Gasteiger partial charge in [-0.3, -0.25) is 0 Å². The molecule has 96 valence electrons. The van der Waals surface area contributed by atoms with Crippen LogP contribution in [0.1, 0.15) is 24.2 Å². The Morgan fingerprint density at radius 1 is 1.11 bits per heavy atom. The van der Waals surface area contributed by atoms with Crippen molar-refractivity contribution in [1.29, 1.82) is 0 Å². The Morgan fingerprint density at radius 2 is 1.95 bits per heavy atom. The molecule has 0 saturated heterocycles. The summed E-state index contributed by atoms with van der Waals surface area (Å²) >= 11 is 6.02. The lowest BCUT2D eigenvalue weighted by atomic mass is 9.96. The van der Waals surface area contributed by atoms with E-state index in [1.807, 2.05) is 0 Å². The lowest BCUT2D eigenvalue weighted by Gasteiger charge is -2.07. The molecule has 0 aliphatic heterocycles. The molecule has 0 radical (unpaired) electrons. The molecule has 0 saturated carbocycles. The number of hydrogen-bond donors (Lipinski definition) is 0. The molecule has 19 heavy (non-hydrogen) atoms. The second-order valence-electron chi connectivity index (χ2n) is 4.95. The summed E-state index contributed by atoms with van der Waals surface area (Å²) in [5.74, 6) is 0.932. The molecule has 0 amide bonds. The third-order valence-electron chi connectivity index (χ3n) is 3.76. The van der Waals surface area contributed by atoms with Crippen molar-refractivity contribution in [3.8, 4) is 0 Å². The topological polar surface area (TPSA) is 43.4 Å². The van der Waals surface area contributed by atoms with Crippen LogP contribution in [0, 0.1) is 0 Å². The highest BCUT2D eigenvalue weighted by Gasteiger charge is 2.22. The number of benzene rings is 1.